The molecule has 20 heavy (non-hydrogen) atoms. The molecule has 0 unspecified atom stereocenters. The van der Waals surface area contributed by atoms with Crippen molar-refractivity contribution in [1.82, 2.24) is 15.1 Å². The highest BCUT2D eigenvalue weighted by atomic mass is 32.2. The lowest BCUT2D eigenvalue weighted by Crippen LogP contribution is -2.16. The number of aromatic nitrogens is 2. The molecule has 108 valence electrons. The molecule has 0 saturated heterocycles. The standard InChI is InChI=1S/C13H18N4O2S/c1-10-11(7-14-2)5-4-6-13(10)20(18,19)16-12-8-15-17(3)9-12/h4-6,8-9,14,16H,7H2,1-3H3. The first-order valence-electron chi connectivity index (χ1n) is 6.18. The zero-order chi connectivity index (χ0) is 14.8. The molecule has 0 saturated carbocycles. The number of rotatable bonds is 5. The van der Waals surface area contributed by atoms with Crippen molar-refractivity contribution in [3.8, 4) is 0 Å². The van der Waals surface area contributed by atoms with E-state index in [1.54, 1.807) is 30.1 Å². The zero-order valence-electron chi connectivity index (χ0n) is 11.7. The van der Waals surface area contributed by atoms with Gasteiger partial charge in [-0.25, -0.2) is 8.42 Å². The lowest BCUT2D eigenvalue weighted by molar-refractivity contribution is 0.600. The first kappa shape index (κ1) is 14.5. The topological polar surface area (TPSA) is 76.0 Å². The lowest BCUT2D eigenvalue weighted by Gasteiger charge is -2.12. The molecule has 1 aromatic carbocycles. The van der Waals surface area contributed by atoms with E-state index in [4.69, 9.17) is 0 Å². The maximum absolute atomic E-state index is 12.4. The zero-order valence-corrected chi connectivity index (χ0v) is 12.5. The molecule has 1 aromatic heterocycles. The van der Waals surface area contributed by atoms with Crippen LogP contribution in [0.15, 0.2) is 35.5 Å². The van der Waals surface area contributed by atoms with Crippen molar-refractivity contribution in [3.63, 3.8) is 0 Å². The Bertz CT molecular complexity index is 707. The van der Waals surface area contributed by atoms with Gasteiger partial charge in [0.1, 0.15) is 0 Å². The van der Waals surface area contributed by atoms with Crippen molar-refractivity contribution >= 4 is 15.7 Å². The van der Waals surface area contributed by atoms with Gasteiger partial charge in [-0.1, -0.05) is 12.1 Å². The summed E-state index contributed by atoms with van der Waals surface area (Å²) in [5.41, 5.74) is 2.16. The number of sulfonamides is 1. The van der Waals surface area contributed by atoms with Gasteiger partial charge in [0.2, 0.25) is 0 Å². The van der Waals surface area contributed by atoms with Crippen molar-refractivity contribution in [1.29, 1.82) is 0 Å². The Morgan fingerprint density at radius 1 is 1.35 bits per heavy atom. The summed E-state index contributed by atoms with van der Waals surface area (Å²) >= 11 is 0. The van der Waals surface area contributed by atoms with Crippen LogP contribution in [0.25, 0.3) is 0 Å². The smallest absolute Gasteiger partial charge is 0.262 e. The third-order valence-electron chi connectivity index (χ3n) is 3.01. The highest BCUT2D eigenvalue weighted by molar-refractivity contribution is 7.92. The molecule has 0 radical (unpaired) electrons. The second-order valence-corrected chi connectivity index (χ2v) is 6.23. The molecule has 2 rings (SSSR count). The first-order chi connectivity index (χ1) is 9.44. The number of nitrogens with one attached hydrogen (secondary N) is 2. The van der Waals surface area contributed by atoms with E-state index in [0.717, 1.165) is 11.1 Å². The molecular weight excluding hydrogens is 276 g/mol. The van der Waals surface area contributed by atoms with Crippen LogP contribution in [0.3, 0.4) is 0 Å². The number of hydrogen-bond acceptors (Lipinski definition) is 4. The van der Waals surface area contributed by atoms with Gasteiger partial charge in [-0.15, -0.1) is 0 Å². The van der Waals surface area contributed by atoms with E-state index < -0.39 is 10.0 Å². The Morgan fingerprint density at radius 2 is 2.10 bits per heavy atom. The van der Waals surface area contributed by atoms with Gasteiger partial charge in [-0.2, -0.15) is 5.10 Å². The van der Waals surface area contributed by atoms with Crippen LogP contribution in [0.2, 0.25) is 0 Å². The van der Waals surface area contributed by atoms with Gasteiger partial charge in [0.25, 0.3) is 10.0 Å². The summed E-state index contributed by atoms with van der Waals surface area (Å²) in [6, 6.07) is 5.26. The Labute approximate surface area is 118 Å². The summed E-state index contributed by atoms with van der Waals surface area (Å²) in [5, 5.41) is 6.97. The summed E-state index contributed by atoms with van der Waals surface area (Å²) in [6.07, 6.45) is 3.09. The van der Waals surface area contributed by atoms with Crippen molar-refractivity contribution in [3.05, 3.63) is 41.7 Å². The summed E-state index contributed by atoms with van der Waals surface area (Å²) < 4.78 is 28.9. The van der Waals surface area contributed by atoms with Crippen LogP contribution in [0.1, 0.15) is 11.1 Å². The van der Waals surface area contributed by atoms with Crippen LogP contribution in [-0.2, 0) is 23.6 Å². The predicted octanol–water partition coefficient (Wildman–Crippen LogP) is 1.25. The van der Waals surface area contributed by atoms with Crippen LogP contribution in [0.4, 0.5) is 5.69 Å². The quantitative estimate of drug-likeness (QED) is 0.870. The fraction of sp³-hybridized carbons (Fsp3) is 0.308. The normalized spacial score (nSPS) is 11.6. The molecule has 0 amide bonds. The van der Waals surface area contributed by atoms with Crippen molar-refractivity contribution in [2.75, 3.05) is 11.8 Å². The van der Waals surface area contributed by atoms with Crippen LogP contribution in [0, 0.1) is 6.92 Å². The van der Waals surface area contributed by atoms with E-state index in [1.165, 1.54) is 6.20 Å². The SMILES string of the molecule is CNCc1cccc(S(=O)(=O)Nc2cnn(C)c2)c1C. The largest absolute Gasteiger partial charge is 0.316 e. The second-order valence-electron chi connectivity index (χ2n) is 4.58. The number of hydrogen-bond donors (Lipinski definition) is 2. The maximum Gasteiger partial charge on any atom is 0.262 e. The average Bonchev–Trinajstić information content (AvgIpc) is 2.76. The predicted molar refractivity (Wildman–Crippen MR) is 78.0 cm³/mol. The van der Waals surface area contributed by atoms with Crippen molar-refractivity contribution < 1.29 is 8.42 Å². The number of nitrogens with zero attached hydrogens (tertiary/aromatic N) is 2. The Balaban J connectivity index is 2.36. The molecule has 0 bridgehead atoms. The van der Waals surface area contributed by atoms with Crippen LogP contribution in [-0.4, -0.2) is 25.2 Å². The number of benzene rings is 1. The van der Waals surface area contributed by atoms with Gasteiger partial charge in [0, 0.05) is 19.8 Å². The highest BCUT2D eigenvalue weighted by Crippen LogP contribution is 2.21. The Morgan fingerprint density at radius 3 is 2.70 bits per heavy atom. The van der Waals surface area contributed by atoms with Gasteiger partial charge < -0.3 is 5.32 Å². The first-order valence-corrected chi connectivity index (χ1v) is 7.67. The summed E-state index contributed by atoms with van der Waals surface area (Å²) in [7, 11) is -0.0420. The minimum Gasteiger partial charge on any atom is -0.316 e. The molecular formula is C13H18N4O2S. The molecule has 2 N–H and O–H groups in total. The van der Waals surface area contributed by atoms with Crippen LogP contribution < -0.4 is 10.0 Å². The van der Waals surface area contributed by atoms with E-state index in [9.17, 15) is 8.42 Å². The molecule has 0 aliphatic carbocycles. The lowest BCUT2D eigenvalue weighted by atomic mass is 10.1. The van der Waals surface area contributed by atoms with Crippen LogP contribution in [0.5, 0.6) is 0 Å². The van der Waals surface area contributed by atoms with Crippen molar-refractivity contribution in [2.24, 2.45) is 7.05 Å². The molecule has 6 nitrogen and oxygen atoms in total. The molecule has 7 heteroatoms. The fourth-order valence-electron chi connectivity index (χ4n) is 2.02. The number of aryl methyl sites for hydroxylation is 1. The van der Waals surface area contributed by atoms with Gasteiger partial charge in [-0.05, 0) is 31.2 Å². The van der Waals surface area contributed by atoms with Crippen LogP contribution >= 0.6 is 0 Å². The second kappa shape index (κ2) is 5.64. The number of anilines is 1. The molecule has 2 aromatic rings. The summed E-state index contributed by atoms with van der Waals surface area (Å²) in [4.78, 5) is 0.286. The van der Waals surface area contributed by atoms with E-state index in [0.29, 0.717) is 12.2 Å². The monoisotopic (exact) mass is 294 g/mol. The Hall–Kier alpha value is -1.86. The third kappa shape index (κ3) is 3.00. The molecule has 0 fully saturated rings. The minimum absolute atomic E-state index is 0.286. The van der Waals surface area contributed by atoms with E-state index >= 15 is 0 Å². The molecule has 0 atom stereocenters. The maximum atomic E-state index is 12.4. The van der Waals surface area contributed by atoms with Gasteiger partial charge >= 0.3 is 0 Å². The Kier molecular flexibility index (Phi) is 4.10. The fourth-order valence-corrected chi connectivity index (χ4v) is 3.33. The summed E-state index contributed by atoms with van der Waals surface area (Å²) in [5.74, 6) is 0. The molecule has 0 aliphatic rings. The van der Waals surface area contributed by atoms with Gasteiger partial charge in [0.05, 0.1) is 16.8 Å². The summed E-state index contributed by atoms with van der Waals surface area (Å²) in [6.45, 7) is 2.44. The minimum atomic E-state index is -3.60. The van der Waals surface area contributed by atoms with E-state index in [-0.39, 0.29) is 4.90 Å². The molecule has 0 spiro atoms. The van der Waals surface area contributed by atoms with Gasteiger partial charge in [0.15, 0.2) is 0 Å². The van der Waals surface area contributed by atoms with Crippen molar-refractivity contribution in [2.45, 2.75) is 18.4 Å². The highest BCUT2D eigenvalue weighted by Gasteiger charge is 2.18. The van der Waals surface area contributed by atoms with Gasteiger partial charge in [-0.3, -0.25) is 9.40 Å². The molecule has 1 heterocycles. The third-order valence-corrected chi connectivity index (χ3v) is 4.54. The molecule has 0 aliphatic heterocycles. The average molecular weight is 294 g/mol. The van der Waals surface area contributed by atoms with E-state index in [1.807, 2.05) is 20.0 Å². The van der Waals surface area contributed by atoms with E-state index in [2.05, 4.69) is 15.1 Å².